The highest BCUT2D eigenvalue weighted by Gasteiger charge is 1.96. The topological polar surface area (TPSA) is 81.5 Å². The number of rotatable bonds is 12. The average molecular weight is 261 g/mol. The van der Waals surface area contributed by atoms with Crippen molar-refractivity contribution in [3.05, 3.63) is 0 Å². The van der Waals surface area contributed by atoms with Crippen LogP contribution in [0.3, 0.4) is 0 Å². The van der Waals surface area contributed by atoms with E-state index < -0.39 is 6.16 Å². The Hall–Kier alpha value is -0.770. The second kappa shape index (κ2) is 16.2. The van der Waals surface area contributed by atoms with Crippen LogP contribution in [-0.4, -0.2) is 17.9 Å². The fourth-order valence-corrected chi connectivity index (χ4v) is 1.93. The maximum absolute atomic E-state index is 10.1. The highest BCUT2D eigenvalue weighted by Crippen LogP contribution is 2.11. The fraction of sp³-hybridized carbons (Fsp3) is 0.929. The van der Waals surface area contributed by atoms with Crippen LogP contribution >= 0.6 is 0 Å². The molecule has 0 aromatic carbocycles. The maximum Gasteiger partial charge on any atom is 0.505 e. The summed E-state index contributed by atoms with van der Waals surface area (Å²) in [4.78, 5) is 10.1. The number of hydrogen-bond donors (Lipinski definition) is 2. The zero-order chi connectivity index (χ0) is 12.8. The molecule has 0 rings (SSSR count). The molecule has 0 unspecified atom stereocenters. The van der Waals surface area contributed by atoms with E-state index in [-0.39, 0.29) is 6.15 Å². The SMILES string of the molecule is CCCCCCCCCCCCCOC(=O)O.N. The lowest BCUT2D eigenvalue weighted by Crippen LogP contribution is -2.01. The molecule has 0 aliphatic rings. The van der Waals surface area contributed by atoms with E-state index >= 15 is 0 Å². The van der Waals surface area contributed by atoms with Gasteiger partial charge in [0.2, 0.25) is 0 Å². The molecule has 0 aliphatic carbocycles. The predicted octanol–water partition coefficient (Wildman–Crippen LogP) is 5.15. The summed E-state index contributed by atoms with van der Waals surface area (Å²) in [7, 11) is 0. The summed E-state index contributed by atoms with van der Waals surface area (Å²) in [5.41, 5.74) is 0. The van der Waals surface area contributed by atoms with Crippen LogP contribution in [0.4, 0.5) is 4.79 Å². The van der Waals surface area contributed by atoms with Gasteiger partial charge in [0.15, 0.2) is 0 Å². The quantitative estimate of drug-likeness (QED) is 0.376. The molecule has 0 fully saturated rings. The van der Waals surface area contributed by atoms with Gasteiger partial charge in [-0.05, 0) is 6.42 Å². The molecule has 0 heterocycles. The van der Waals surface area contributed by atoms with Crippen LogP contribution in [0.25, 0.3) is 0 Å². The van der Waals surface area contributed by atoms with Gasteiger partial charge in [-0.25, -0.2) is 4.79 Å². The van der Waals surface area contributed by atoms with Crippen LogP contribution < -0.4 is 6.15 Å². The smallest absolute Gasteiger partial charge is 0.450 e. The van der Waals surface area contributed by atoms with Crippen LogP contribution in [0.1, 0.15) is 77.6 Å². The van der Waals surface area contributed by atoms with Gasteiger partial charge in [-0.2, -0.15) is 0 Å². The predicted molar refractivity (Wildman–Crippen MR) is 75.5 cm³/mol. The lowest BCUT2D eigenvalue weighted by atomic mass is 10.1. The molecule has 4 N–H and O–H groups in total. The van der Waals surface area contributed by atoms with Crippen molar-refractivity contribution < 1.29 is 14.6 Å². The van der Waals surface area contributed by atoms with Crippen LogP contribution in [0.5, 0.6) is 0 Å². The first-order chi connectivity index (χ1) is 8.27. The van der Waals surface area contributed by atoms with Gasteiger partial charge < -0.3 is 16.0 Å². The Morgan fingerprint density at radius 3 is 1.61 bits per heavy atom. The summed E-state index contributed by atoms with van der Waals surface area (Å²) >= 11 is 0. The van der Waals surface area contributed by atoms with E-state index in [9.17, 15) is 4.79 Å². The van der Waals surface area contributed by atoms with Crippen molar-refractivity contribution in [3.8, 4) is 0 Å². The van der Waals surface area contributed by atoms with Gasteiger partial charge in [-0.3, -0.25) is 0 Å². The van der Waals surface area contributed by atoms with Crippen molar-refractivity contribution >= 4 is 6.16 Å². The Morgan fingerprint density at radius 2 is 1.22 bits per heavy atom. The molecule has 0 spiro atoms. The fourth-order valence-electron chi connectivity index (χ4n) is 1.93. The molecule has 0 aromatic rings. The van der Waals surface area contributed by atoms with Gasteiger partial charge in [0.05, 0.1) is 6.61 Å². The highest BCUT2D eigenvalue weighted by atomic mass is 16.7. The molecule has 0 saturated heterocycles. The summed E-state index contributed by atoms with van der Waals surface area (Å²) in [6.45, 7) is 2.60. The summed E-state index contributed by atoms with van der Waals surface area (Å²) in [6, 6.07) is 0. The number of carbonyl (C=O) groups is 1. The largest absolute Gasteiger partial charge is 0.505 e. The van der Waals surface area contributed by atoms with Crippen molar-refractivity contribution in [1.29, 1.82) is 0 Å². The first kappa shape index (κ1) is 19.6. The van der Waals surface area contributed by atoms with Crippen LogP contribution in [0.15, 0.2) is 0 Å². The summed E-state index contributed by atoms with van der Waals surface area (Å²) in [5.74, 6) is 0. The molecule has 0 radical (unpaired) electrons. The normalized spacial score (nSPS) is 9.83. The zero-order valence-electron chi connectivity index (χ0n) is 12.0. The van der Waals surface area contributed by atoms with Gasteiger partial charge in [-0.15, -0.1) is 0 Å². The van der Waals surface area contributed by atoms with Gasteiger partial charge >= 0.3 is 6.16 Å². The van der Waals surface area contributed by atoms with E-state index in [1.165, 1.54) is 57.8 Å². The zero-order valence-corrected chi connectivity index (χ0v) is 12.0. The molecule has 0 aliphatic heterocycles. The van der Waals surface area contributed by atoms with Crippen LogP contribution in [0.2, 0.25) is 0 Å². The molecule has 0 atom stereocenters. The number of hydrogen-bond acceptors (Lipinski definition) is 3. The molecule has 0 amide bonds. The third kappa shape index (κ3) is 17.6. The minimum atomic E-state index is -1.16. The molecule has 4 nitrogen and oxygen atoms in total. The summed E-state index contributed by atoms with van der Waals surface area (Å²) < 4.78 is 4.44. The van der Waals surface area contributed by atoms with E-state index in [0.717, 1.165) is 12.8 Å². The second-order valence-electron chi connectivity index (χ2n) is 4.65. The van der Waals surface area contributed by atoms with Gasteiger partial charge in [0.25, 0.3) is 0 Å². The van der Waals surface area contributed by atoms with E-state index in [0.29, 0.717) is 6.61 Å². The standard InChI is InChI=1S/C14H28O3.H3N/c1-2-3-4-5-6-7-8-9-10-11-12-13-17-14(15)16;/h2-13H2,1H3,(H,15,16);1H3. The highest BCUT2D eigenvalue weighted by molar-refractivity contribution is 5.56. The van der Waals surface area contributed by atoms with E-state index in [1.54, 1.807) is 0 Å². The molecule has 110 valence electrons. The molecule has 18 heavy (non-hydrogen) atoms. The maximum atomic E-state index is 10.1. The summed E-state index contributed by atoms with van der Waals surface area (Å²) in [5, 5.41) is 8.25. The molecule has 0 bridgehead atoms. The Balaban J connectivity index is 0. The minimum absolute atomic E-state index is 0. The lowest BCUT2D eigenvalue weighted by molar-refractivity contribution is 0.0899. The minimum Gasteiger partial charge on any atom is -0.450 e. The van der Waals surface area contributed by atoms with Gasteiger partial charge in [0, 0.05) is 0 Å². The molecular weight excluding hydrogens is 230 g/mol. The second-order valence-corrected chi connectivity index (χ2v) is 4.65. The molecular formula is C14H31NO3. The van der Waals surface area contributed by atoms with Gasteiger partial charge in [-0.1, -0.05) is 71.1 Å². The van der Waals surface area contributed by atoms with Gasteiger partial charge in [0.1, 0.15) is 0 Å². The third-order valence-corrected chi connectivity index (χ3v) is 2.97. The van der Waals surface area contributed by atoms with Crippen molar-refractivity contribution in [1.82, 2.24) is 6.15 Å². The number of carboxylic acid groups (broad SMARTS) is 1. The van der Waals surface area contributed by atoms with E-state index in [2.05, 4.69) is 11.7 Å². The molecule has 4 heteroatoms. The van der Waals surface area contributed by atoms with Crippen molar-refractivity contribution in [2.45, 2.75) is 77.6 Å². The Labute approximate surface area is 112 Å². The van der Waals surface area contributed by atoms with Crippen LogP contribution in [0, 0.1) is 0 Å². The Kier molecular flexibility index (Phi) is 17.6. The molecule has 0 saturated carbocycles. The number of ether oxygens (including phenoxy) is 1. The van der Waals surface area contributed by atoms with Crippen LogP contribution in [-0.2, 0) is 4.74 Å². The van der Waals surface area contributed by atoms with E-state index in [4.69, 9.17) is 5.11 Å². The van der Waals surface area contributed by atoms with E-state index in [1.807, 2.05) is 0 Å². The summed E-state index contributed by atoms with van der Waals surface area (Å²) in [6.07, 6.45) is 12.8. The van der Waals surface area contributed by atoms with Crippen molar-refractivity contribution in [2.75, 3.05) is 6.61 Å². The van der Waals surface area contributed by atoms with Crippen molar-refractivity contribution in [3.63, 3.8) is 0 Å². The molecule has 0 aromatic heterocycles. The number of unbranched alkanes of at least 4 members (excludes halogenated alkanes) is 10. The van der Waals surface area contributed by atoms with Crippen molar-refractivity contribution in [2.24, 2.45) is 0 Å². The Morgan fingerprint density at radius 1 is 0.833 bits per heavy atom. The first-order valence-corrected chi connectivity index (χ1v) is 7.13. The average Bonchev–Trinajstić information content (AvgIpc) is 2.30. The monoisotopic (exact) mass is 261 g/mol. The third-order valence-electron chi connectivity index (χ3n) is 2.97. The Bertz CT molecular complexity index is 174. The lowest BCUT2D eigenvalue weighted by Gasteiger charge is -2.02. The first-order valence-electron chi connectivity index (χ1n) is 7.13.